The van der Waals surface area contributed by atoms with Gasteiger partial charge in [0.25, 0.3) is 6.43 Å². The van der Waals surface area contributed by atoms with Gasteiger partial charge >= 0.3 is 5.97 Å². The number of aromatic carboxylic acids is 1. The molecular weight excluding hydrogens is 187 g/mol. The van der Waals surface area contributed by atoms with E-state index in [1.807, 2.05) is 0 Å². The molecule has 6 heteroatoms. The molecule has 0 aliphatic heterocycles. The van der Waals surface area contributed by atoms with Crippen molar-refractivity contribution in [2.24, 2.45) is 0 Å². The highest BCUT2D eigenvalue weighted by Gasteiger charge is 2.19. The molecule has 0 spiro atoms. The van der Waals surface area contributed by atoms with Gasteiger partial charge in [-0.2, -0.15) is 0 Å². The van der Waals surface area contributed by atoms with Crippen molar-refractivity contribution in [3.8, 4) is 0 Å². The third-order valence-corrected chi connectivity index (χ3v) is 1.32. The normalized spacial score (nSPS) is 10.5. The minimum Gasteiger partial charge on any atom is -0.478 e. The molecule has 1 aromatic heterocycles. The Bertz CT molecular complexity index is 341. The number of pyridine rings is 1. The van der Waals surface area contributed by atoms with Crippen LogP contribution in [0.2, 0.25) is 0 Å². The van der Waals surface area contributed by atoms with E-state index in [0.29, 0.717) is 12.3 Å². The molecule has 3 nitrogen and oxygen atoms in total. The van der Waals surface area contributed by atoms with Gasteiger partial charge in [-0.3, -0.25) is 4.98 Å². The fraction of sp³-hybridized carbons (Fsp3) is 0.143. The van der Waals surface area contributed by atoms with Gasteiger partial charge in [-0.1, -0.05) is 0 Å². The minimum atomic E-state index is -3.02. The van der Waals surface area contributed by atoms with Crippen LogP contribution in [-0.2, 0) is 0 Å². The molecule has 0 aliphatic rings. The summed E-state index contributed by atoms with van der Waals surface area (Å²) in [6.45, 7) is 0. The minimum absolute atomic E-state index is 0.511. The van der Waals surface area contributed by atoms with Crippen LogP contribution < -0.4 is 0 Å². The van der Waals surface area contributed by atoms with Gasteiger partial charge in [0.05, 0.1) is 11.8 Å². The largest absolute Gasteiger partial charge is 0.478 e. The molecule has 0 aliphatic carbocycles. The highest BCUT2D eigenvalue weighted by atomic mass is 19.3. The SMILES string of the molecule is O=C(O)c1cc(F)cnc1C(F)F. The highest BCUT2D eigenvalue weighted by Crippen LogP contribution is 2.20. The first-order chi connectivity index (χ1) is 6.02. The number of carboxylic acids is 1. The van der Waals surface area contributed by atoms with Crippen LogP contribution in [0.1, 0.15) is 22.5 Å². The number of carboxylic acid groups (broad SMARTS) is 1. The Labute approximate surface area is 70.8 Å². The zero-order valence-electron chi connectivity index (χ0n) is 6.17. The van der Waals surface area contributed by atoms with Crippen molar-refractivity contribution < 1.29 is 23.1 Å². The van der Waals surface area contributed by atoms with Crippen LogP contribution in [0.25, 0.3) is 0 Å². The van der Waals surface area contributed by atoms with Crippen molar-refractivity contribution in [2.75, 3.05) is 0 Å². The van der Waals surface area contributed by atoms with E-state index in [9.17, 15) is 18.0 Å². The van der Waals surface area contributed by atoms with E-state index < -0.39 is 29.5 Å². The molecule has 0 unspecified atom stereocenters. The number of hydrogen-bond acceptors (Lipinski definition) is 2. The highest BCUT2D eigenvalue weighted by molar-refractivity contribution is 5.88. The van der Waals surface area contributed by atoms with Crippen LogP contribution >= 0.6 is 0 Å². The standard InChI is InChI=1S/C7H4F3NO2/c8-3-1-4(7(12)13)5(6(9)10)11-2-3/h1-2,6H,(H,12,13). The second-order valence-corrected chi connectivity index (χ2v) is 2.19. The molecule has 1 rings (SSSR count). The summed E-state index contributed by atoms with van der Waals surface area (Å²) in [6, 6.07) is 0.511. The summed E-state index contributed by atoms with van der Waals surface area (Å²) in [5, 5.41) is 8.40. The average molecular weight is 191 g/mol. The Morgan fingerprint density at radius 1 is 1.54 bits per heavy atom. The molecular formula is C7H4F3NO2. The number of rotatable bonds is 2. The van der Waals surface area contributed by atoms with Gasteiger partial charge in [-0.15, -0.1) is 0 Å². The number of alkyl halides is 2. The fourth-order valence-electron chi connectivity index (χ4n) is 0.795. The van der Waals surface area contributed by atoms with E-state index in [0.717, 1.165) is 0 Å². The second kappa shape index (κ2) is 3.42. The average Bonchev–Trinajstić information content (AvgIpc) is 2.03. The zero-order valence-corrected chi connectivity index (χ0v) is 6.17. The molecule has 0 amide bonds. The molecule has 0 bridgehead atoms. The maximum Gasteiger partial charge on any atom is 0.337 e. The number of nitrogens with zero attached hydrogens (tertiary/aromatic N) is 1. The molecule has 1 heterocycles. The Kier molecular flexibility index (Phi) is 2.50. The number of carbonyl (C=O) groups is 1. The first-order valence-corrected chi connectivity index (χ1v) is 3.19. The van der Waals surface area contributed by atoms with Gasteiger partial charge in [0.15, 0.2) is 0 Å². The van der Waals surface area contributed by atoms with Crippen molar-refractivity contribution in [2.45, 2.75) is 6.43 Å². The van der Waals surface area contributed by atoms with Gasteiger partial charge in [0.2, 0.25) is 0 Å². The lowest BCUT2D eigenvalue weighted by molar-refractivity contribution is 0.0681. The molecule has 1 aromatic rings. The third-order valence-electron chi connectivity index (χ3n) is 1.32. The Balaban J connectivity index is 3.27. The Hall–Kier alpha value is -1.59. The molecule has 0 fully saturated rings. The first kappa shape index (κ1) is 9.50. The Morgan fingerprint density at radius 2 is 2.15 bits per heavy atom. The smallest absolute Gasteiger partial charge is 0.337 e. The maximum atomic E-state index is 12.4. The molecule has 0 saturated heterocycles. The maximum absolute atomic E-state index is 12.4. The lowest BCUT2D eigenvalue weighted by Crippen LogP contribution is -2.06. The van der Waals surface area contributed by atoms with Crippen LogP contribution in [0, 0.1) is 5.82 Å². The lowest BCUT2D eigenvalue weighted by Gasteiger charge is -2.02. The number of hydrogen-bond donors (Lipinski definition) is 1. The summed E-state index contributed by atoms with van der Waals surface area (Å²) in [5.41, 5.74) is -1.73. The van der Waals surface area contributed by atoms with E-state index in [2.05, 4.69) is 4.98 Å². The van der Waals surface area contributed by atoms with Crippen molar-refractivity contribution in [1.29, 1.82) is 0 Å². The number of aromatic nitrogens is 1. The van der Waals surface area contributed by atoms with E-state index in [1.165, 1.54) is 0 Å². The van der Waals surface area contributed by atoms with E-state index >= 15 is 0 Å². The van der Waals surface area contributed by atoms with Crippen LogP contribution in [0.5, 0.6) is 0 Å². The summed E-state index contributed by atoms with van der Waals surface area (Å²) in [4.78, 5) is 13.3. The van der Waals surface area contributed by atoms with Crippen molar-refractivity contribution in [1.82, 2.24) is 4.98 Å². The van der Waals surface area contributed by atoms with Crippen LogP contribution in [0.15, 0.2) is 12.3 Å². The lowest BCUT2D eigenvalue weighted by atomic mass is 10.2. The summed E-state index contributed by atoms with van der Waals surface area (Å²) >= 11 is 0. The van der Waals surface area contributed by atoms with Gasteiger partial charge in [-0.05, 0) is 6.07 Å². The molecule has 0 radical (unpaired) electrons. The van der Waals surface area contributed by atoms with Crippen molar-refractivity contribution in [3.63, 3.8) is 0 Å². The molecule has 70 valence electrons. The molecule has 0 saturated carbocycles. The predicted molar refractivity (Wildman–Crippen MR) is 36.1 cm³/mol. The summed E-state index contributed by atoms with van der Waals surface area (Å²) < 4.78 is 36.5. The topological polar surface area (TPSA) is 50.2 Å². The third kappa shape index (κ3) is 1.95. The quantitative estimate of drug-likeness (QED) is 0.776. The molecule has 0 aromatic carbocycles. The van der Waals surface area contributed by atoms with Gasteiger partial charge in [-0.25, -0.2) is 18.0 Å². The first-order valence-electron chi connectivity index (χ1n) is 3.19. The van der Waals surface area contributed by atoms with E-state index in [-0.39, 0.29) is 0 Å². The predicted octanol–water partition coefficient (Wildman–Crippen LogP) is 1.86. The van der Waals surface area contributed by atoms with Crippen LogP contribution in [0.4, 0.5) is 13.2 Å². The van der Waals surface area contributed by atoms with Gasteiger partial charge in [0.1, 0.15) is 11.5 Å². The van der Waals surface area contributed by atoms with E-state index in [4.69, 9.17) is 5.11 Å². The fourth-order valence-corrected chi connectivity index (χ4v) is 0.795. The van der Waals surface area contributed by atoms with E-state index in [1.54, 1.807) is 0 Å². The molecule has 1 N–H and O–H groups in total. The molecule has 13 heavy (non-hydrogen) atoms. The van der Waals surface area contributed by atoms with Crippen LogP contribution in [-0.4, -0.2) is 16.1 Å². The monoisotopic (exact) mass is 191 g/mol. The summed E-state index contributed by atoms with van der Waals surface area (Å²) in [5.74, 6) is -2.58. The van der Waals surface area contributed by atoms with Gasteiger partial charge < -0.3 is 5.11 Å². The Morgan fingerprint density at radius 3 is 2.62 bits per heavy atom. The zero-order chi connectivity index (χ0) is 10.0. The summed E-state index contributed by atoms with van der Waals surface area (Å²) in [7, 11) is 0. The number of halogens is 3. The van der Waals surface area contributed by atoms with Gasteiger partial charge in [0, 0.05) is 0 Å². The van der Waals surface area contributed by atoms with Crippen LogP contribution in [0.3, 0.4) is 0 Å². The van der Waals surface area contributed by atoms with Crippen molar-refractivity contribution in [3.05, 3.63) is 29.3 Å². The van der Waals surface area contributed by atoms with Crippen molar-refractivity contribution >= 4 is 5.97 Å². The molecule has 0 atom stereocenters. The second-order valence-electron chi connectivity index (χ2n) is 2.19. The summed E-state index contributed by atoms with van der Waals surface area (Å²) in [6.07, 6.45) is -2.47.